The van der Waals surface area contributed by atoms with E-state index >= 15 is 0 Å². The van der Waals surface area contributed by atoms with E-state index in [1.54, 1.807) is 12.4 Å². The lowest BCUT2D eigenvalue weighted by Crippen LogP contribution is -2.00. The van der Waals surface area contributed by atoms with Gasteiger partial charge < -0.3 is 4.74 Å². The van der Waals surface area contributed by atoms with Gasteiger partial charge in [-0.1, -0.05) is 13.8 Å². The van der Waals surface area contributed by atoms with Gasteiger partial charge in [0.1, 0.15) is 0 Å². The van der Waals surface area contributed by atoms with Crippen molar-refractivity contribution in [3.8, 4) is 5.88 Å². The number of ether oxygens (including phenoxy) is 1. The molecule has 13 heavy (non-hydrogen) atoms. The Kier molecular flexibility index (Phi) is 3.68. The zero-order chi connectivity index (χ0) is 9.68. The number of aromatic nitrogens is 2. The van der Waals surface area contributed by atoms with Crippen LogP contribution in [-0.4, -0.2) is 16.6 Å². The monoisotopic (exact) mass is 180 g/mol. The molecule has 0 spiro atoms. The normalized spacial score (nSPS) is 10.5. The lowest BCUT2D eigenvalue weighted by atomic mass is 10.1. The van der Waals surface area contributed by atoms with Crippen molar-refractivity contribution < 1.29 is 4.74 Å². The second kappa shape index (κ2) is 4.80. The molecule has 0 unspecified atom stereocenters. The van der Waals surface area contributed by atoms with Gasteiger partial charge in [0.05, 0.1) is 24.7 Å². The van der Waals surface area contributed by atoms with Crippen LogP contribution in [0.4, 0.5) is 0 Å². The summed E-state index contributed by atoms with van der Waals surface area (Å²) in [6, 6.07) is 0. The van der Waals surface area contributed by atoms with Gasteiger partial charge in [-0.2, -0.15) is 0 Å². The quantitative estimate of drug-likeness (QED) is 0.711. The van der Waals surface area contributed by atoms with Crippen LogP contribution in [0, 0.1) is 5.92 Å². The minimum Gasteiger partial charge on any atom is -0.477 e. The standard InChI is InChI=1S/C10H16N2O/c1-4-13-10-7-11-9(6-12-10)5-8(2)3/h6-8H,4-5H2,1-3H3. The van der Waals surface area contributed by atoms with Gasteiger partial charge in [-0.25, -0.2) is 4.98 Å². The van der Waals surface area contributed by atoms with E-state index in [0.29, 0.717) is 18.4 Å². The Morgan fingerprint density at radius 1 is 1.31 bits per heavy atom. The lowest BCUT2D eigenvalue weighted by molar-refractivity contribution is 0.324. The fourth-order valence-electron chi connectivity index (χ4n) is 1.09. The first-order valence-corrected chi connectivity index (χ1v) is 4.66. The number of hydrogen-bond acceptors (Lipinski definition) is 3. The Morgan fingerprint density at radius 2 is 2.08 bits per heavy atom. The highest BCUT2D eigenvalue weighted by molar-refractivity contribution is 5.07. The summed E-state index contributed by atoms with van der Waals surface area (Å²) in [5.74, 6) is 1.22. The third-order valence-corrected chi connectivity index (χ3v) is 1.59. The summed E-state index contributed by atoms with van der Waals surface area (Å²) in [5, 5.41) is 0. The molecule has 3 heteroatoms. The van der Waals surface area contributed by atoms with E-state index in [4.69, 9.17) is 4.74 Å². The molecule has 0 aliphatic heterocycles. The molecule has 0 aromatic carbocycles. The molecule has 1 rings (SSSR count). The van der Waals surface area contributed by atoms with E-state index in [9.17, 15) is 0 Å². The zero-order valence-corrected chi connectivity index (χ0v) is 8.45. The first kappa shape index (κ1) is 9.96. The molecule has 72 valence electrons. The van der Waals surface area contributed by atoms with E-state index in [-0.39, 0.29) is 0 Å². The average molecular weight is 180 g/mol. The van der Waals surface area contributed by atoms with Crippen LogP contribution in [0.15, 0.2) is 12.4 Å². The average Bonchev–Trinajstić information content (AvgIpc) is 2.08. The summed E-state index contributed by atoms with van der Waals surface area (Å²) in [6.07, 6.45) is 4.44. The molecule has 0 saturated heterocycles. The molecule has 0 radical (unpaired) electrons. The molecular formula is C10H16N2O. The summed E-state index contributed by atoms with van der Waals surface area (Å²) in [4.78, 5) is 8.39. The molecule has 3 nitrogen and oxygen atoms in total. The van der Waals surface area contributed by atoms with E-state index < -0.39 is 0 Å². The number of hydrogen-bond donors (Lipinski definition) is 0. The maximum Gasteiger partial charge on any atom is 0.232 e. The summed E-state index contributed by atoms with van der Waals surface area (Å²) < 4.78 is 5.19. The molecule has 0 atom stereocenters. The highest BCUT2D eigenvalue weighted by Gasteiger charge is 2.00. The smallest absolute Gasteiger partial charge is 0.232 e. The van der Waals surface area contributed by atoms with Crippen molar-refractivity contribution in [3.63, 3.8) is 0 Å². The largest absolute Gasteiger partial charge is 0.477 e. The van der Waals surface area contributed by atoms with Gasteiger partial charge in [0, 0.05) is 0 Å². The first-order chi connectivity index (χ1) is 6.22. The minimum absolute atomic E-state index is 0.606. The molecule has 1 aromatic heterocycles. The second-order valence-electron chi connectivity index (χ2n) is 3.38. The van der Waals surface area contributed by atoms with Gasteiger partial charge in [0.2, 0.25) is 5.88 Å². The summed E-state index contributed by atoms with van der Waals surface area (Å²) >= 11 is 0. The molecular weight excluding hydrogens is 164 g/mol. The van der Waals surface area contributed by atoms with E-state index in [0.717, 1.165) is 12.1 Å². The molecule has 0 aliphatic rings. The van der Waals surface area contributed by atoms with Gasteiger partial charge in [0.15, 0.2) is 0 Å². The maximum atomic E-state index is 5.19. The Bertz CT molecular complexity index is 244. The molecule has 1 heterocycles. The molecule has 0 N–H and O–H groups in total. The Labute approximate surface area is 79.2 Å². The highest BCUT2D eigenvalue weighted by atomic mass is 16.5. The predicted octanol–water partition coefficient (Wildman–Crippen LogP) is 2.07. The van der Waals surface area contributed by atoms with Gasteiger partial charge in [0.25, 0.3) is 0 Å². The van der Waals surface area contributed by atoms with Crippen LogP contribution in [0.25, 0.3) is 0 Å². The highest BCUT2D eigenvalue weighted by Crippen LogP contribution is 2.07. The SMILES string of the molecule is CCOc1cnc(CC(C)C)cn1. The fourth-order valence-corrected chi connectivity index (χ4v) is 1.09. The number of nitrogens with zero attached hydrogens (tertiary/aromatic N) is 2. The van der Waals surface area contributed by atoms with Crippen molar-refractivity contribution >= 4 is 0 Å². The number of rotatable bonds is 4. The fraction of sp³-hybridized carbons (Fsp3) is 0.600. The summed E-state index contributed by atoms with van der Waals surface area (Å²) in [6.45, 7) is 6.90. The minimum atomic E-state index is 0.606. The zero-order valence-electron chi connectivity index (χ0n) is 8.45. The molecule has 0 amide bonds. The third-order valence-electron chi connectivity index (χ3n) is 1.59. The van der Waals surface area contributed by atoms with Crippen LogP contribution in [0.2, 0.25) is 0 Å². The Hall–Kier alpha value is -1.12. The van der Waals surface area contributed by atoms with Gasteiger partial charge in [-0.05, 0) is 19.3 Å². The lowest BCUT2D eigenvalue weighted by Gasteiger charge is -2.04. The topological polar surface area (TPSA) is 35.0 Å². The molecule has 0 aliphatic carbocycles. The van der Waals surface area contributed by atoms with E-state index in [1.165, 1.54) is 0 Å². The first-order valence-electron chi connectivity index (χ1n) is 4.66. The van der Waals surface area contributed by atoms with Crippen LogP contribution in [-0.2, 0) is 6.42 Å². The summed E-state index contributed by atoms with van der Waals surface area (Å²) in [7, 11) is 0. The Morgan fingerprint density at radius 3 is 2.54 bits per heavy atom. The predicted molar refractivity (Wildman–Crippen MR) is 51.7 cm³/mol. The molecule has 0 saturated carbocycles. The molecule has 1 aromatic rings. The van der Waals surface area contributed by atoms with E-state index in [1.807, 2.05) is 6.92 Å². The second-order valence-corrected chi connectivity index (χ2v) is 3.38. The van der Waals surface area contributed by atoms with Crippen molar-refractivity contribution in [2.75, 3.05) is 6.61 Å². The summed E-state index contributed by atoms with van der Waals surface area (Å²) in [5.41, 5.74) is 1.03. The van der Waals surface area contributed by atoms with Crippen molar-refractivity contribution in [2.24, 2.45) is 5.92 Å². The Balaban J connectivity index is 2.59. The van der Waals surface area contributed by atoms with Crippen LogP contribution in [0.3, 0.4) is 0 Å². The van der Waals surface area contributed by atoms with Crippen molar-refractivity contribution in [3.05, 3.63) is 18.1 Å². The van der Waals surface area contributed by atoms with Crippen LogP contribution in [0.1, 0.15) is 26.5 Å². The van der Waals surface area contributed by atoms with Crippen molar-refractivity contribution in [2.45, 2.75) is 27.2 Å². The van der Waals surface area contributed by atoms with E-state index in [2.05, 4.69) is 23.8 Å². The van der Waals surface area contributed by atoms with Gasteiger partial charge >= 0.3 is 0 Å². The maximum absolute atomic E-state index is 5.19. The van der Waals surface area contributed by atoms with Crippen LogP contribution >= 0.6 is 0 Å². The molecule has 0 fully saturated rings. The van der Waals surface area contributed by atoms with Crippen molar-refractivity contribution in [1.29, 1.82) is 0 Å². The van der Waals surface area contributed by atoms with Crippen LogP contribution in [0.5, 0.6) is 5.88 Å². The van der Waals surface area contributed by atoms with Crippen LogP contribution < -0.4 is 4.74 Å². The van der Waals surface area contributed by atoms with Crippen molar-refractivity contribution in [1.82, 2.24) is 9.97 Å². The van der Waals surface area contributed by atoms with Gasteiger partial charge in [-0.3, -0.25) is 4.98 Å². The van der Waals surface area contributed by atoms with Gasteiger partial charge in [-0.15, -0.1) is 0 Å². The molecule has 0 bridgehead atoms. The third kappa shape index (κ3) is 3.40.